The smallest absolute Gasteiger partial charge is 0.410 e. The molecule has 2 aliphatic carbocycles. The summed E-state index contributed by atoms with van der Waals surface area (Å²) in [5.74, 6) is 0. The molecule has 31 heavy (non-hydrogen) atoms. The van der Waals surface area contributed by atoms with E-state index in [1.807, 2.05) is 35.2 Å². The summed E-state index contributed by atoms with van der Waals surface area (Å²) >= 11 is 3.63. The fraction of sp³-hybridized carbons (Fsp3) is 0.400. The Kier molecular flexibility index (Phi) is 7.10. The number of fused-ring (bicyclic) bond motifs is 1. The van der Waals surface area contributed by atoms with E-state index in [1.165, 1.54) is 5.57 Å². The van der Waals surface area contributed by atoms with Crippen LogP contribution in [0.25, 0.3) is 0 Å². The van der Waals surface area contributed by atoms with Gasteiger partial charge in [-0.15, -0.1) is 0 Å². The van der Waals surface area contributed by atoms with Gasteiger partial charge in [0.2, 0.25) is 0 Å². The van der Waals surface area contributed by atoms with Gasteiger partial charge in [0.25, 0.3) is 0 Å². The minimum Gasteiger partial charge on any atom is -0.445 e. The number of benzene rings is 1. The summed E-state index contributed by atoms with van der Waals surface area (Å²) in [6.45, 7) is 0.749. The largest absolute Gasteiger partial charge is 0.445 e. The molecule has 1 heterocycles. The van der Waals surface area contributed by atoms with Gasteiger partial charge in [0.1, 0.15) is 18.8 Å². The molecule has 0 N–H and O–H groups in total. The second-order valence-electron chi connectivity index (χ2n) is 7.99. The Labute approximate surface area is 192 Å². The first kappa shape index (κ1) is 22.1. The molecule has 6 heteroatoms. The SMILES string of the molecule is COC1C=C2CC(C3=CCC(Br)C=C3)N(C(=O)OCc3ccccc3)CC2=CC1OC. The van der Waals surface area contributed by atoms with E-state index in [0.717, 1.165) is 29.6 Å². The fourth-order valence-electron chi connectivity index (χ4n) is 4.32. The molecular formula is C25H28BrNO4. The molecule has 4 atom stereocenters. The highest BCUT2D eigenvalue weighted by Crippen LogP contribution is 2.36. The summed E-state index contributed by atoms with van der Waals surface area (Å²) < 4.78 is 16.9. The third-order valence-electron chi connectivity index (χ3n) is 6.04. The molecule has 0 spiro atoms. The summed E-state index contributed by atoms with van der Waals surface area (Å²) in [4.78, 5) is 15.4. The number of alkyl halides is 1. The normalized spacial score (nSPS) is 27.7. The van der Waals surface area contributed by atoms with Gasteiger partial charge in [-0.25, -0.2) is 4.79 Å². The number of carbonyl (C=O) groups is 1. The van der Waals surface area contributed by atoms with Crippen molar-refractivity contribution in [2.45, 2.75) is 42.5 Å². The number of nitrogens with zero attached hydrogens (tertiary/aromatic N) is 1. The van der Waals surface area contributed by atoms with Crippen LogP contribution >= 0.6 is 15.9 Å². The maximum absolute atomic E-state index is 13.2. The van der Waals surface area contributed by atoms with Crippen molar-refractivity contribution in [3.8, 4) is 0 Å². The topological polar surface area (TPSA) is 48.0 Å². The van der Waals surface area contributed by atoms with Gasteiger partial charge < -0.3 is 14.2 Å². The Morgan fingerprint density at radius 3 is 2.45 bits per heavy atom. The molecule has 4 unspecified atom stereocenters. The third-order valence-corrected chi connectivity index (χ3v) is 6.72. The fourth-order valence-corrected chi connectivity index (χ4v) is 4.66. The van der Waals surface area contributed by atoms with Gasteiger partial charge in [-0.2, -0.15) is 0 Å². The Hall–Kier alpha value is -2.15. The van der Waals surface area contributed by atoms with Crippen LogP contribution in [0.1, 0.15) is 18.4 Å². The minimum atomic E-state index is -0.299. The van der Waals surface area contributed by atoms with E-state index in [4.69, 9.17) is 14.2 Å². The molecular weight excluding hydrogens is 458 g/mol. The van der Waals surface area contributed by atoms with E-state index in [0.29, 0.717) is 11.4 Å². The molecule has 1 aromatic rings. The number of likely N-dealkylation sites (tertiary alicyclic amines) is 1. The van der Waals surface area contributed by atoms with Gasteiger partial charge in [-0.1, -0.05) is 64.5 Å². The Morgan fingerprint density at radius 1 is 1.10 bits per heavy atom. The zero-order valence-electron chi connectivity index (χ0n) is 17.9. The lowest BCUT2D eigenvalue weighted by atomic mass is 9.82. The Bertz CT molecular complexity index is 921. The number of piperidine rings is 1. The van der Waals surface area contributed by atoms with Gasteiger partial charge in [-0.3, -0.25) is 4.90 Å². The van der Waals surface area contributed by atoms with E-state index in [-0.39, 0.29) is 30.9 Å². The second kappa shape index (κ2) is 9.98. The standard InChI is InChI=1S/C25H28BrNO4/c1-29-23-13-19-12-22(18-8-10-21(26)11-9-18)27(15-20(19)14-24(23)30-2)25(28)31-16-17-6-4-3-5-7-17/h3-10,13-14,21-24H,11-12,15-16H2,1-2H3. The molecule has 0 bridgehead atoms. The van der Waals surface area contributed by atoms with Crippen LogP contribution in [0.5, 0.6) is 0 Å². The maximum Gasteiger partial charge on any atom is 0.410 e. The van der Waals surface area contributed by atoms with E-state index in [9.17, 15) is 4.79 Å². The van der Waals surface area contributed by atoms with Crippen LogP contribution in [-0.4, -0.2) is 54.8 Å². The summed E-state index contributed by atoms with van der Waals surface area (Å²) in [6, 6.07) is 9.70. The summed E-state index contributed by atoms with van der Waals surface area (Å²) in [6.07, 6.45) is 11.7. The van der Waals surface area contributed by atoms with E-state index < -0.39 is 0 Å². The molecule has 0 aromatic heterocycles. The van der Waals surface area contributed by atoms with Crippen LogP contribution in [0.15, 0.2) is 77.4 Å². The molecule has 164 valence electrons. The molecule has 1 aliphatic heterocycles. The van der Waals surface area contributed by atoms with Gasteiger partial charge in [0.05, 0.1) is 6.04 Å². The van der Waals surface area contributed by atoms with Crippen molar-refractivity contribution in [1.82, 2.24) is 4.90 Å². The Balaban J connectivity index is 1.57. The monoisotopic (exact) mass is 485 g/mol. The average Bonchev–Trinajstić information content (AvgIpc) is 2.82. The van der Waals surface area contributed by atoms with Crippen LogP contribution in [0.4, 0.5) is 4.79 Å². The first-order valence-electron chi connectivity index (χ1n) is 10.6. The van der Waals surface area contributed by atoms with Gasteiger partial charge in [0, 0.05) is 25.6 Å². The zero-order valence-corrected chi connectivity index (χ0v) is 19.5. The summed E-state index contributed by atoms with van der Waals surface area (Å²) in [7, 11) is 3.38. The number of carbonyl (C=O) groups excluding carboxylic acids is 1. The molecule has 4 rings (SSSR count). The number of hydrogen-bond donors (Lipinski definition) is 0. The molecule has 0 saturated carbocycles. The quantitative estimate of drug-likeness (QED) is 0.553. The van der Waals surface area contributed by atoms with Crippen molar-refractivity contribution in [3.05, 3.63) is 83.0 Å². The predicted molar refractivity (Wildman–Crippen MR) is 124 cm³/mol. The lowest BCUT2D eigenvalue weighted by molar-refractivity contribution is 0.0115. The molecule has 0 radical (unpaired) electrons. The van der Waals surface area contributed by atoms with Crippen molar-refractivity contribution in [1.29, 1.82) is 0 Å². The zero-order chi connectivity index (χ0) is 21.8. The number of amides is 1. The van der Waals surface area contributed by atoms with Gasteiger partial charge >= 0.3 is 6.09 Å². The third kappa shape index (κ3) is 5.03. The Morgan fingerprint density at radius 2 is 1.81 bits per heavy atom. The maximum atomic E-state index is 13.2. The highest BCUT2D eigenvalue weighted by molar-refractivity contribution is 9.09. The number of methoxy groups -OCH3 is 2. The lowest BCUT2D eigenvalue weighted by Gasteiger charge is -2.41. The molecule has 3 aliphatic rings. The van der Waals surface area contributed by atoms with Gasteiger partial charge in [0.15, 0.2) is 0 Å². The van der Waals surface area contributed by atoms with Crippen LogP contribution in [0.3, 0.4) is 0 Å². The predicted octanol–water partition coefficient (Wildman–Crippen LogP) is 4.94. The van der Waals surface area contributed by atoms with E-state index in [2.05, 4.69) is 46.3 Å². The van der Waals surface area contributed by atoms with Crippen LogP contribution in [-0.2, 0) is 20.8 Å². The second-order valence-corrected chi connectivity index (χ2v) is 9.16. The summed E-state index contributed by atoms with van der Waals surface area (Å²) in [5, 5.41) is 0. The van der Waals surface area contributed by atoms with Crippen molar-refractivity contribution < 1.29 is 19.0 Å². The first-order valence-corrected chi connectivity index (χ1v) is 11.5. The number of ether oxygens (including phenoxy) is 3. The highest BCUT2D eigenvalue weighted by atomic mass is 79.9. The highest BCUT2D eigenvalue weighted by Gasteiger charge is 2.37. The molecule has 5 nitrogen and oxygen atoms in total. The first-order chi connectivity index (χ1) is 15.1. The number of hydrogen-bond acceptors (Lipinski definition) is 4. The van der Waals surface area contributed by atoms with Crippen LogP contribution in [0.2, 0.25) is 0 Å². The van der Waals surface area contributed by atoms with Crippen molar-refractivity contribution in [3.63, 3.8) is 0 Å². The molecule has 1 aromatic carbocycles. The average molecular weight is 486 g/mol. The molecule has 1 saturated heterocycles. The van der Waals surface area contributed by atoms with Crippen LogP contribution < -0.4 is 0 Å². The van der Waals surface area contributed by atoms with E-state index in [1.54, 1.807) is 14.2 Å². The number of halogens is 1. The van der Waals surface area contributed by atoms with E-state index >= 15 is 0 Å². The van der Waals surface area contributed by atoms with Crippen molar-refractivity contribution in [2.75, 3.05) is 20.8 Å². The summed E-state index contributed by atoms with van der Waals surface area (Å²) in [5.41, 5.74) is 4.44. The number of rotatable bonds is 5. The van der Waals surface area contributed by atoms with Gasteiger partial charge in [-0.05, 0) is 47.3 Å². The number of allylic oxidation sites excluding steroid dienone is 2. The van der Waals surface area contributed by atoms with Crippen molar-refractivity contribution in [2.24, 2.45) is 0 Å². The van der Waals surface area contributed by atoms with Crippen LogP contribution in [0, 0.1) is 0 Å². The molecule has 1 fully saturated rings. The lowest BCUT2D eigenvalue weighted by Crippen LogP contribution is -2.48. The minimum absolute atomic E-state index is 0.0699. The van der Waals surface area contributed by atoms with Crippen molar-refractivity contribution >= 4 is 22.0 Å². The molecule has 1 amide bonds.